The molecule has 3 aromatic rings. The van der Waals surface area contributed by atoms with E-state index in [1.807, 2.05) is 42.5 Å². The molecule has 1 aliphatic heterocycles. The SMILES string of the molecule is NC(=O)CNC(=O)[C@@H]1CCCN1C(=O)c1cc(NC(=O)Cc2cccc3ccccc23)ccc1Cl. The Morgan fingerprint density at radius 2 is 1.80 bits per heavy atom. The number of nitrogens with one attached hydrogen (secondary N) is 2. The van der Waals surface area contributed by atoms with Gasteiger partial charge in [-0.3, -0.25) is 19.2 Å². The summed E-state index contributed by atoms with van der Waals surface area (Å²) in [6.45, 7) is 0.0812. The third kappa shape index (κ3) is 5.60. The number of carbonyl (C=O) groups excluding carboxylic acids is 4. The van der Waals surface area contributed by atoms with Crippen molar-refractivity contribution in [1.29, 1.82) is 0 Å². The summed E-state index contributed by atoms with van der Waals surface area (Å²) >= 11 is 6.31. The molecule has 180 valence electrons. The molecule has 1 fully saturated rings. The quantitative estimate of drug-likeness (QED) is 0.469. The Labute approximate surface area is 207 Å². The van der Waals surface area contributed by atoms with Crippen molar-refractivity contribution in [1.82, 2.24) is 10.2 Å². The molecule has 0 spiro atoms. The minimum atomic E-state index is -0.720. The Morgan fingerprint density at radius 3 is 2.60 bits per heavy atom. The lowest BCUT2D eigenvalue weighted by Crippen LogP contribution is -2.47. The summed E-state index contributed by atoms with van der Waals surface area (Å²) in [7, 11) is 0. The molecule has 4 rings (SSSR count). The highest BCUT2D eigenvalue weighted by Crippen LogP contribution is 2.27. The van der Waals surface area contributed by atoms with Crippen molar-refractivity contribution < 1.29 is 19.2 Å². The van der Waals surface area contributed by atoms with Gasteiger partial charge in [0.2, 0.25) is 17.7 Å². The Balaban J connectivity index is 1.48. The second-order valence-corrected chi connectivity index (χ2v) is 8.81. The Bertz CT molecular complexity index is 1300. The van der Waals surface area contributed by atoms with Crippen LogP contribution in [0, 0.1) is 0 Å². The maximum absolute atomic E-state index is 13.3. The Morgan fingerprint density at radius 1 is 1.03 bits per heavy atom. The molecule has 4 N–H and O–H groups in total. The molecule has 4 amide bonds. The number of carbonyl (C=O) groups is 4. The van der Waals surface area contributed by atoms with Gasteiger partial charge < -0.3 is 21.3 Å². The summed E-state index contributed by atoms with van der Waals surface area (Å²) < 4.78 is 0. The molecule has 0 aliphatic carbocycles. The van der Waals surface area contributed by atoms with Crippen LogP contribution in [0.1, 0.15) is 28.8 Å². The molecule has 1 atom stereocenters. The van der Waals surface area contributed by atoms with Crippen LogP contribution in [0.5, 0.6) is 0 Å². The molecule has 1 saturated heterocycles. The summed E-state index contributed by atoms with van der Waals surface area (Å²) in [6, 6.07) is 17.6. The predicted molar refractivity (Wildman–Crippen MR) is 134 cm³/mol. The molecule has 3 aromatic carbocycles. The first-order valence-electron chi connectivity index (χ1n) is 11.3. The van der Waals surface area contributed by atoms with Gasteiger partial charge in [-0.15, -0.1) is 0 Å². The zero-order chi connectivity index (χ0) is 24.9. The first kappa shape index (κ1) is 24.2. The number of fused-ring (bicyclic) bond motifs is 1. The number of primary amides is 1. The standard InChI is InChI=1S/C26H25ClN4O4/c27-21-11-10-18(30-24(33)13-17-7-3-6-16-5-1-2-8-19(16)17)14-20(21)26(35)31-12-4-9-22(31)25(34)29-15-23(28)32/h1-3,5-8,10-11,14,22H,4,9,12-13,15H2,(H2,28,32)(H,29,34)(H,30,33)/t22-/m0/s1. The molecule has 0 aromatic heterocycles. The van der Waals surface area contributed by atoms with Crippen LogP contribution in [0.4, 0.5) is 5.69 Å². The number of nitrogens with zero attached hydrogens (tertiary/aromatic N) is 1. The Kier molecular flexibility index (Phi) is 7.31. The fourth-order valence-corrected chi connectivity index (χ4v) is 4.52. The van der Waals surface area contributed by atoms with Crippen molar-refractivity contribution in [3.63, 3.8) is 0 Å². The van der Waals surface area contributed by atoms with Gasteiger partial charge in [0.25, 0.3) is 5.91 Å². The normalized spacial score (nSPS) is 15.1. The molecular weight excluding hydrogens is 468 g/mol. The van der Waals surface area contributed by atoms with E-state index in [1.54, 1.807) is 12.1 Å². The van der Waals surface area contributed by atoms with Crippen LogP contribution in [-0.4, -0.2) is 47.7 Å². The molecule has 35 heavy (non-hydrogen) atoms. The smallest absolute Gasteiger partial charge is 0.256 e. The second-order valence-electron chi connectivity index (χ2n) is 8.40. The van der Waals surface area contributed by atoms with E-state index in [9.17, 15) is 19.2 Å². The fourth-order valence-electron chi connectivity index (χ4n) is 4.32. The van der Waals surface area contributed by atoms with E-state index in [1.165, 1.54) is 11.0 Å². The fraction of sp³-hybridized carbons (Fsp3) is 0.231. The van der Waals surface area contributed by atoms with Crippen LogP contribution in [0.15, 0.2) is 60.7 Å². The number of hydrogen-bond donors (Lipinski definition) is 3. The number of hydrogen-bond acceptors (Lipinski definition) is 4. The van der Waals surface area contributed by atoms with Crippen LogP contribution in [0.2, 0.25) is 5.02 Å². The number of nitrogens with two attached hydrogens (primary N) is 1. The molecule has 9 heteroatoms. The van der Waals surface area contributed by atoms with E-state index in [2.05, 4.69) is 10.6 Å². The monoisotopic (exact) mass is 492 g/mol. The van der Waals surface area contributed by atoms with Crippen molar-refractivity contribution in [2.75, 3.05) is 18.4 Å². The van der Waals surface area contributed by atoms with Crippen molar-refractivity contribution in [3.8, 4) is 0 Å². The minimum absolute atomic E-state index is 0.168. The van der Waals surface area contributed by atoms with Crippen LogP contribution in [-0.2, 0) is 20.8 Å². The lowest BCUT2D eigenvalue weighted by atomic mass is 10.0. The van der Waals surface area contributed by atoms with E-state index in [-0.39, 0.29) is 29.5 Å². The van der Waals surface area contributed by atoms with Crippen LogP contribution in [0.3, 0.4) is 0 Å². The molecule has 0 unspecified atom stereocenters. The molecular formula is C26H25ClN4O4. The highest BCUT2D eigenvalue weighted by atomic mass is 35.5. The number of likely N-dealkylation sites (tertiary alicyclic amines) is 1. The predicted octanol–water partition coefficient (Wildman–Crippen LogP) is 2.88. The third-order valence-corrected chi connectivity index (χ3v) is 6.29. The number of halogens is 1. The highest BCUT2D eigenvalue weighted by molar-refractivity contribution is 6.34. The van der Waals surface area contributed by atoms with Gasteiger partial charge in [0, 0.05) is 12.2 Å². The van der Waals surface area contributed by atoms with Crippen LogP contribution < -0.4 is 16.4 Å². The summed E-state index contributed by atoms with van der Waals surface area (Å²) in [5.74, 6) is -1.75. The first-order chi connectivity index (χ1) is 16.8. The van der Waals surface area contributed by atoms with Gasteiger partial charge in [0.15, 0.2) is 0 Å². The topological polar surface area (TPSA) is 122 Å². The van der Waals surface area contributed by atoms with Crippen molar-refractivity contribution in [3.05, 3.63) is 76.8 Å². The van der Waals surface area contributed by atoms with Crippen LogP contribution >= 0.6 is 11.6 Å². The van der Waals surface area contributed by atoms with Crippen LogP contribution in [0.25, 0.3) is 10.8 Å². The van der Waals surface area contributed by atoms with Crippen molar-refractivity contribution in [2.45, 2.75) is 25.3 Å². The molecule has 0 saturated carbocycles. The van der Waals surface area contributed by atoms with Gasteiger partial charge in [-0.2, -0.15) is 0 Å². The maximum Gasteiger partial charge on any atom is 0.256 e. The number of benzene rings is 3. The van der Waals surface area contributed by atoms with E-state index in [0.29, 0.717) is 25.1 Å². The van der Waals surface area contributed by atoms with Crippen molar-refractivity contribution >= 4 is 51.7 Å². The average Bonchev–Trinajstić information content (AvgIpc) is 3.33. The van der Waals surface area contributed by atoms with Gasteiger partial charge in [-0.05, 0) is 47.4 Å². The molecule has 1 aliphatic rings. The van der Waals surface area contributed by atoms with Gasteiger partial charge in [0.05, 0.1) is 23.6 Å². The van der Waals surface area contributed by atoms with E-state index < -0.39 is 23.8 Å². The molecule has 0 radical (unpaired) electrons. The number of anilines is 1. The minimum Gasteiger partial charge on any atom is -0.368 e. The lowest BCUT2D eigenvalue weighted by Gasteiger charge is -2.24. The zero-order valence-corrected chi connectivity index (χ0v) is 19.7. The van der Waals surface area contributed by atoms with Crippen molar-refractivity contribution in [2.24, 2.45) is 5.73 Å². The average molecular weight is 493 g/mol. The Hall–Kier alpha value is -3.91. The second kappa shape index (κ2) is 10.6. The summed E-state index contributed by atoms with van der Waals surface area (Å²) in [6.07, 6.45) is 1.27. The van der Waals surface area contributed by atoms with Gasteiger partial charge in [-0.1, -0.05) is 54.1 Å². The van der Waals surface area contributed by atoms with E-state index in [4.69, 9.17) is 17.3 Å². The number of amides is 4. The number of rotatable bonds is 7. The third-order valence-electron chi connectivity index (χ3n) is 5.96. The zero-order valence-electron chi connectivity index (χ0n) is 18.9. The summed E-state index contributed by atoms with van der Waals surface area (Å²) in [5, 5.41) is 7.56. The van der Waals surface area contributed by atoms with Gasteiger partial charge in [0.1, 0.15) is 6.04 Å². The van der Waals surface area contributed by atoms with Gasteiger partial charge in [-0.25, -0.2) is 0 Å². The molecule has 8 nitrogen and oxygen atoms in total. The van der Waals surface area contributed by atoms with E-state index in [0.717, 1.165) is 16.3 Å². The van der Waals surface area contributed by atoms with E-state index >= 15 is 0 Å². The molecule has 0 bridgehead atoms. The lowest BCUT2D eigenvalue weighted by molar-refractivity contribution is -0.127. The summed E-state index contributed by atoms with van der Waals surface area (Å²) in [5.41, 5.74) is 6.60. The largest absolute Gasteiger partial charge is 0.368 e. The maximum atomic E-state index is 13.3. The van der Waals surface area contributed by atoms with Gasteiger partial charge >= 0.3 is 0 Å². The molecule has 1 heterocycles. The first-order valence-corrected chi connectivity index (χ1v) is 11.6. The highest BCUT2D eigenvalue weighted by Gasteiger charge is 2.35. The summed E-state index contributed by atoms with van der Waals surface area (Å²) in [4.78, 5) is 50.9.